The SMILES string of the molecule is O=c1c2oc3ccccc3c2[nH]c(=S)n1CC1CCCO1. The summed E-state index contributed by atoms with van der Waals surface area (Å²) in [5, 5.41) is 0.875. The molecule has 1 unspecified atom stereocenters. The molecule has 1 aliphatic rings. The van der Waals surface area contributed by atoms with Gasteiger partial charge in [0.05, 0.1) is 12.6 Å². The number of aromatic amines is 1. The lowest BCUT2D eigenvalue weighted by Crippen LogP contribution is -2.27. The van der Waals surface area contributed by atoms with E-state index < -0.39 is 0 Å². The molecule has 108 valence electrons. The second kappa shape index (κ2) is 4.82. The van der Waals surface area contributed by atoms with Gasteiger partial charge >= 0.3 is 0 Å². The van der Waals surface area contributed by atoms with Crippen molar-refractivity contribution in [1.82, 2.24) is 9.55 Å². The minimum Gasteiger partial charge on any atom is -0.449 e. The van der Waals surface area contributed by atoms with Gasteiger partial charge in [-0.3, -0.25) is 9.36 Å². The topological polar surface area (TPSA) is 60.2 Å². The molecule has 0 saturated carbocycles. The number of benzene rings is 1. The van der Waals surface area contributed by atoms with Gasteiger partial charge in [-0.2, -0.15) is 0 Å². The van der Waals surface area contributed by atoms with Crippen molar-refractivity contribution in [3.63, 3.8) is 0 Å². The van der Waals surface area contributed by atoms with E-state index in [1.54, 1.807) is 0 Å². The Balaban J connectivity index is 1.94. The van der Waals surface area contributed by atoms with E-state index in [0.717, 1.165) is 24.8 Å². The van der Waals surface area contributed by atoms with Gasteiger partial charge in [-0.25, -0.2) is 0 Å². The summed E-state index contributed by atoms with van der Waals surface area (Å²) in [5.41, 5.74) is 1.48. The molecule has 1 N–H and O–H groups in total. The highest BCUT2D eigenvalue weighted by Crippen LogP contribution is 2.24. The van der Waals surface area contributed by atoms with E-state index in [2.05, 4.69) is 4.98 Å². The van der Waals surface area contributed by atoms with E-state index in [-0.39, 0.29) is 11.7 Å². The van der Waals surface area contributed by atoms with Crippen LogP contribution < -0.4 is 5.56 Å². The van der Waals surface area contributed by atoms with E-state index in [4.69, 9.17) is 21.4 Å². The average Bonchev–Trinajstić information content (AvgIpc) is 3.11. The number of furan rings is 1. The summed E-state index contributed by atoms with van der Waals surface area (Å²) in [6.45, 7) is 1.23. The van der Waals surface area contributed by atoms with E-state index >= 15 is 0 Å². The van der Waals surface area contributed by atoms with Crippen LogP contribution in [0.1, 0.15) is 12.8 Å². The standard InChI is InChI=1S/C15H14N2O3S/c18-14-13-12(10-5-1-2-6-11(10)20-13)16-15(21)17(14)8-9-4-3-7-19-9/h1-2,5-6,9H,3-4,7-8H2,(H,16,21). The molecule has 0 amide bonds. The van der Waals surface area contributed by atoms with Crippen molar-refractivity contribution in [1.29, 1.82) is 0 Å². The zero-order chi connectivity index (χ0) is 14.4. The summed E-state index contributed by atoms with van der Waals surface area (Å²) >= 11 is 5.34. The third kappa shape index (κ3) is 2.02. The van der Waals surface area contributed by atoms with E-state index in [9.17, 15) is 4.79 Å². The summed E-state index contributed by atoms with van der Waals surface area (Å²) < 4.78 is 13.2. The number of H-pyrrole nitrogens is 1. The van der Waals surface area contributed by atoms with Crippen molar-refractivity contribution >= 4 is 34.3 Å². The summed E-state index contributed by atoms with van der Waals surface area (Å²) in [4.78, 5) is 15.8. The highest BCUT2D eigenvalue weighted by Gasteiger charge is 2.19. The fourth-order valence-corrected chi connectivity index (χ4v) is 3.13. The number of nitrogens with one attached hydrogen (secondary N) is 1. The molecule has 5 nitrogen and oxygen atoms in total. The van der Waals surface area contributed by atoms with Gasteiger partial charge in [0.1, 0.15) is 11.1 Å². The first-order chi connectivity index (χ1) is 10.2. The maximum absolute atomic E-state index is 12.6. The van der Waals surface area contributed by atoms with Crippen molar-refractivity contribution in [2.75, 3.05) is 6.61 Å². The van der Waals surface area contributed by atoms with Crippen molar-refractivity contribution in [2.45, 2.75) is 25.5 Å². The Kier molecular flexibility index (Phi) is 2.94. The number of fused-ring (bicyclic) bond motifs is 3. The minimum atomic E-state index is -0.194. The predicted molar refractivity (Wildman–Crippen MR) is 82.1 cm³/mol. The van der Waals surface area contributed by atoms with Crippen molar-refractivity contribution in [3.8, 4) is 0 Å². The highest BCUT2D eigenvalue weighted by atomic mass is 32.1. The molecule has 1 fully saturated rings. The first kappa shape index (κ1) is 12.8. The van der Waals surface area contributed by atoms with Gasteiger partial charge in [0, 0.05) is 12.0 Å². The Hall–Kier alpha value is -1.92. The molecule has 6 heteroatoms. The zero-order valence-electron chi connectivity index (χ0n) is 11.3. The second-order valence-corrected chi connectivity index (χ2v) is 5.67. The van der Waals surface area contributed by atoms with Crippen LogP contribution in [0.5, 0.6) is 0 Å². The second-order valence-electron chi connectivity index (χ2n) is 5.28. The predicted octanol–water partition coefficient (Wildman–Crippen LogP) is 2.98. The number of nitrogens with zero attached hydrogens (tertiary/aromatic N) is 1. The molecule has 4 rings (SSSR count). The van der Waals surface area contributed by atoms with Gasteiger partial charge in [0.25, 0.3) is 5.56 Å². The monoisotopic (exact) mass is 302 g/mol. The summed E-state index contributed by atoms with van der Waals surface area (Å²) in [6, 6.07) is 7.54. The Morgan fingerprint density at radius 3 is 3.05 bits per heavy atom. The normalized spacial score (nSPS) is 18.8. The van der Waals surface area contributed by atoms with Crippen LogP contribution in [0.2, 0.25) is 0 Å². The summed E-state index contributed by atoms with van der Waals surface area (Å²) in [6.07, 6.45) is 2.04. The number of hydrogen-bond acceptors (Lipinski definition) is 4. The largest absolute Gasteiger partial charge is 0.449 e. The van der Waals surface area contributed by atoms with Crippen LogP contribution in [0.3, 0.4) is 0 Å². The molecule has 21 heavy (non-hydrogen) atoms. The van der Waals surface area contributed by atoms with Crippen LogP contribution in [-0.4, -0.2) is 22.3 Å². The lowest BCUT2D eigenvalue weighted by Gasteiger charge is -2.11. The maximum atomic E-state index is 12.6. The summed E-state index contributed by atoms with van der Waals surface area (Å²) in [7, 11) is 0. The fraction of sp³-hybridized carbons (Fsp3) is 0.333. The maximum Gasteiger partial charge on any atom is 0.298 e. The molecule has 0 bridgehead atoms. The molecule has 1 aliphatic heterocycles. The molecule has 0 spiro atoms. The van der Waals surface area contributed by atoms with Crippen molar-refractivity contribution in [3.05, 3.63) is 39.4 Å². The lowest BCUT2D eigenvalue weighted by molar-refractivity contribution is 0.0956. The molecule has 1 aromatic carbocycles. The van der Waals surface area contributed by atoms with Gasteiger partial charge < -0.3 is 14.1 Å². The smallest absolute Gasteiger partial charge is 0.298 e. The van der Waals surface area contributed by atoms with Crippen LogP contribution in [0.4, 0.5) is 0 Å². The van der Waals surface area contributed by atoms with E-state index in [1.807, 2.05) is 24.3 Å². The molecular weight excluding hydrogens is 288 g/mol. The van der Waals surface area contributed by atoms with Crippen molar-refractivity contribution in [2.24, 2.45) is 0 Å². The Morgan fingerprint density at radius 1 is 1.38 bits per heavy atom. The van der Waals surface area contributed by atoms with Crippen LogP contribution in [0.25, 0.3) is 22.1 Å². The van der Waals surface area contributed by atoms with Crippen molar-refractivity contribution < 1.29 is 9.15 Å². The van der Waals surface area contributed by atoms with Gasteiger partial charge in [-0.05, 0) is 37.2 Å². The Bertz CT molecular complexity index is 931. The Morgan fingerprint density at radius 2 is 2.24 bits per heavy atom. The lowest BCUT2D eigenvalue weighted by atomic mass is 10.2. The number of aromatic nitrogens is 2. The third-order valence-corrected chi connectivity index (χ3v) is 4.24. The van der Waals surface area contributed by atoms with Crippen LogP contribution in [0, 0.1) is 4.77 Å². The molecular formula is C15H14N2O3S. The summed E-state index contributed by atoms with van der Waals surface area (Å²) in [5.74, 6) is 0. The van der Waals surface area contributed by atoms with Crippen LogP contribution in [-0.2, 0) is 11.3 Å². The molecule has 1 saturated heterocycles. The number of hydrogen-bond donors (Lipinski definition) is 1. The zero-order valence-corrected chi connectivity index (χ0v) is 12.1. The van der Waals surface area contributed by atoms with Gasteiger partial charge in [0.2, 0.25) is 5.58 Å². The molecule has 1 atom stereocenters. The van der Waals surface area contributed by atoms with Gasteiger partial charge in [-0.15, -0.1) is 0 Å². The van der Waals surface area contributed by atoms with E-state index in [1.165, 1.54) is 4.57 Å². The quantitative estimate of drug-likeness (QED) is 0.739. The molecule has 2 aromatic heterocycles. The van der Waals surface area contributed by atoms with Crippen LogP contribution in [0.15, 0.2) is 33.5 Å². The minimum absolute atomic E-state index is 0.0552. The first-order valence-electron chi connectivity index (χ1n) is 7.00. The molecule has 3 heterocycles. The van der Waals surface area contributed by atoms with Gasteiger partial charge in [-0.1, -0.05) is 12.1 Å². The average molecular weight is 302 g/mol. The Labute approximate surface area is 125 Å². The van der Waals surface area contributed by atoms with E-state index in [0.29, 0.717) is 28.0 Å². The number of ether oxygens (including phenoxy) is 1. The molecule has 0 aliphatic carbocycles. The highest BCUT2D eigenvalue weighted by molar-refractivity contribution is 7.71. The van der Waals surface area contributed by atoms with Gasteiger partial charge in [0.15, 0.2) is 4.77 Å². The molecule has 3 aromatic rings. The molecule has 0 radical (unpaired) electrons. The first-order valence-corrected chi connectivity index (χ1v) is 7.41. The van der Waals surface area contributed by atoms with Crippen LogP contribution >= 0.6 is 12.2 Å². The number of para-hydroxylation sites is 1. The fourth-order valence-electron chi connectivity index (χ4n) is 2.87. The number of rotatable bonds is 2. The third-order valence-electron chi connectivity index (χ3n) is 3.92.